The Morgan fingerprint density at radius 3 is 2.14 bits per heavy atom. The quantitative estimate of drug-likeness (QED) is 0.524. The lowest BCUT2D eigenvalue weighted by atomic mass is 9.67. The van der Waals surface area contributed by atoms with E-state index in [2.05, 4.69) is 20.0 Å². The van der Waals surface area contributed by atoms with E-state index in [4.69, 9.17) is 0 Å². The number of benzene rings is 2. The third-order valence-electron chi connectivity index (χ3n) is 5.54. The molecule has 7 nitrogen and oxygen atoms in total. The van der Waals surface area contributed by atoms with E-state index < -0.39 is 10.0 Å². The third kappa shape index (κ3) is 4.18. The van der Waals surface area contributed by atoms with Crippen molar-refractivity contribution in [1.29, 1.82) is 0 Å². The molecule has 0 saturated heterocycles. The summed E-state index contributed by atoms with van der Waals surface area (Å²) < 4.78 is 28.2. The molecule has 1 aliphatic rings. The first-order valence-corrected chi connectivity index (χ1v) is 11.2. The number of rotatable bonds is 8. The highest BCUT2D eigenvalue weighted by atomic mass is 32.2. The van der Waals surface area contributed by atoms with Gasteiger partial charge in [0.05, 0.1) is 15.9 Å². The second kappa shape index (κ2) is 7.96. The molecule has 1 heterocycles. The fourth-order valence-corrected chi connectivity index (χ4v) is 4.71. The molecule has 1 saturated carbocycles. The first kappa shape index (κ1) is 19.6. The molecule has 29 heavy (non-hydrogen) atoms. The summed E-state index contributed by atoms with van der Waals surface area (Å²) in [5.41, 5.74) is 1.32. The van der Waals surface area contributed by atoms with E-state index in [1.54, 1.807) is 24.3 Å². The maximum atomic E-state index is 12.8. The molecule has 0 spiro atoms. The van der Waals surface area contributed by atoms with E-state index in [1.165, 1.54) is 12.1 Å². The molecule has 0 radical (unpaired) electrons. The Labute approximate surface area is 170 Å². The van der Waals surface area contributed by atoms with Crippen LogP contribution in [-0.4, -0.2) is 36.6 Å². The van der Waals surface area contributed by atoms with Gasteiger partial charge in [-0.05, 0) is 48.9 Å². The Morgan fingerprint density at radius 2 is 1.55 bits per heavy atom. The van der Waals surface area contributed by atoms with Gasteiger partial charge in [-0.2, -0.15) is 0 Å². The van der Waals surface area contributed by atoms with Crippen LogP contribution >= 0.6 is 0 Å². The zero-order chi connectivity index (χ0) is 20.3. The second-order valence-electron chi connectivity index (χ2n) is 7.51. The van der Waals surface area contributed by atoms with Crippen LogP contribution in [0.15, 0.2) is 59.5 Å². The Morgan fingerprint density at radius 1 is 0.931 bits per heavy atom. The van der Waals surface area contributed by atoms with Crippen LogP contribution in [0.1, 0.15) is 25.7 Å². The van der Waals surface area contributed by atoms with Gasteiger partial charge >= 0.3 is 0 Å². The van der Waals surface area contributed by atoms with Gasteiger partial charge in [0.15, 0.2) is 11.6 Å². The summed E-state index contributed by atoms with van der Waals surface area (Å²) in [6.45, 7) is 0.749. The number of nitrogens with zero attached hydrogens (tertiary/aromatic N) is 2. The van der Waals surface area contributed by atoms with Gasteiger partial charge in [-0.3, -0.25) is 4.72 Å². The standard InChI is InChI=1S/C21H24N4O3S/c26-14-13-21(11-6-12-21)15-22-19-20(24-18-10-5-4-9-17(18)23-19)25-29(27,28)16-7-2-1-3-8-16/h1-5,7-10,26H,6,11-15H2,(H,22,23)(H,24,25). The predicted molar refractivity (Wildman–Crippen MR) is 113 cm³/mol. The molecule has 2 aromatic carbocycles. The first-order valence-electron chi connectivity index (χ1n) is 9.71. The number of fused-ring (bicyclic) bond motifs is 1. The summed E-state index contributed by atoms with van der Waals surface area (Å²) in [6.07, 6.45) is 3.92. The molecule has 0 aliphatic heterocycles. The number of hydrogen-bond donors (Lipinski definition) is 3. The zero-order valence-electron chi connectivity index (χ0n) is 16.0. The molecule has 0 amide bonds. The third-order valence-corrected chi connectivity index (χ3v) is 6.90. The number of aliphatic hydroxyl groups is 1. The zero-order valence-corrected chi connectivity index (χ0v) is 16.8. The lowest BCUT2D eigenvalue weighted by molar-refractivity contribution is 0.102. The molecule has 8 heteroatoms. The average Bonchev–Trinajstić information content (AvgIpc) is 2.70. The van der Waals surface area contributed by atoms with Crippen molar-refractivity contribution in [2.45, 2.75) is 30.6 Å². The van der Waals surface area contributed by atoms with Crippen molar-refractivity contribution in [2.75, 3.05) is 23.2 Å². The lowest BCUT2D eigenvalue weighted by Crippen LogP contribution is -2.37. The van der Waals surface area contributed by atoms with Crippen molar-refractivity contribution in [1.82, 2.24) is 9.97 Å². The molecule has 1 aliphatic carbocycles. The lowest BCUT2D eigenvalue weighted by Gasteiger charge is -2.42. The van der Waals surface area contributed by atoms with Gasteiger partial charge in [-0.15, -0.1) is 0 Å². The Kier molecular flexibility index (Phi) is 5.38. The van der Waals surface area contributed by atoms with E-state index >= 15 is 0 Å². The monoisotopic (exact) mass is 412 g/mol. The molecule has 3 aromatic rings. The maximum absolute atomic E-state index is 12.8. The molecule has 0 unspecified atom stereocenters. The molecule has 4 rings (SSSR count). The van der Waals surface area contributed by atoms with Crippen LogP contribution in [0.5, 0.6) is 0 Å². The SMILES string of the molecule is O=S(=O)(Nc1nc2ccccc2nc1NCC1(CCO)CCC1)c1ccccc1. The van der Waals surface area contributed by atoms with Gasteiger partial charge in [0.25, 0.3) is 10.0 Å². The fraction of sp³-hybridized carbons (Fsp3) is 0.333. The Balaban J connectivity index is 1.67. The predicted octanol–water partition coefficient (Wildman–Crippen LogP) is 3.40. The van der Waals surface area contributed by atoms with E-state index in [1.807, 2.05) is 18.2 Å². The molecule has 3 N–H and O–H groups in total. The topological polar surface area (TPSA) is 104 Å². The van der Waals surface area contributed by atoms with Gasteiger partial charge < -0.3 is 10.4 Å². The summed E-state index contributed by atoms with van der Waals surface area (Å²) in [5.74, 6) is 0.568. The van der Waals surface area contributed by atoms with Gasteiger partial charge in [-0.25, -0.2) is 18.4 Å². The highest BCUT2D eigenvalue weighted by Gasteiger charge is 2.36. The van der Waals surface area contributed by atoms with E-state index in [-0.39, 0.29) is 22.7 Å². The van der Waals surface area contributed by atoms with Gasteiger partial charge in [0, 0.05) is 13.2 Å². The average molecular weight is 413 g/mol. The van der Waals surface area contributed by atoms with Crippen LogP contribution in [0.4, 0.5) is 11.6 Å². The first-order chi connectivity index (χ1) is 14.0. The minimum absolute atomic E-state index is 0.0254. The van der Waals surface area contributed by atoms with Crippen LogP contribution < -0.4 is 10.0 Å². The van der Waals surface area contributed by atoms with Crippen LogP contribution in [0.25, 0.3) is 11.0 Å². The highest BCUT2D eigenvalue weighted by Crippen LogP contribution is 2.44. The minimum Gasteiger partial charge on any atom is -0.396 e. The van der Waals surface area contributed by atoms with Gasteiger partial charge in [0.2, 0.25) is 0 Å². The molecule has 1 aromatic heterocycles. The number of para-hydroxylation sites is 2. The van der Waals surface area contributed by atoms with E-state index in [9.17, 15) is 13.5 Å². The number of sulfonamides is 1. The largest absolute Gasteiger partial charge is 0.396 e. The van der Waals surface area contributed by atoms with Crippen LogP contribution in [0.2, 0.25) is 0 Å². The van der Waals surface area contributed by atoms with Crippen molar-refractivity contribution in [2.24, 2.45) is 5.41 Å². The smallest absolute Gasteiger partial charge is 0.263 e. The summed E-state index contributed by atoms with van der Waals surface area (Å²) in [7, 11) is -3.79. The van der Waals surface area contributed by atoms with Gasteiger partial charge in [-0.1, -0.05) is 36.8 Å². The summed E-state index contributed by atoms with van der Waals surface area (Å²) in [6, 6.07) is 15.5. The highest BCUT2D eigenvalue weighted by molar-refractivity contribution is 7.92. The Hall–Kier alpha value is -2.71. The number of hydrogen-bond acceptors (Lipinski definition) is 6. The Bertz CT molecular complexity index is 1100. The van der Waals surface area contributed by atoms with Crippen molar-refractivity contribution < 1.29 is 13.5 Å². The minimum atomic E-state index is -3.79. The van der Waals surface area contributed by atoms with Crippen molar-refractivity contribution >= 4 is 32.7 Å². The van der Waals surface area contributed by atoms with E-state index in [0.717, 1.165) is 19.3 Å². The number of aromatic nitrogens is 2. The van der Waals surface area contributed by atoms with Crippen molar-refractivity contribution in [3.05, 3.63) is 54.6 Å². The van der Waals surface area contributed by atoms with Crippen molar-refractivity contribution in [3.63, 3.8) is 0 Å². The molecular weight excluding hydrogens is 388 g/mol. The molecular formula is C21H24N4O3S. The molecule has 0 bridgehead atoms. The van der Waals surface area contributed by atoms with Crippen LogP contribution in [0.3, 0.4) is 0 Å². The summed E-state index contributed by atoms with van der Waals surface area (Å²) in [4.78, 5) is 9.29. The van der Waals surface area contributed by atoms with Crippen molar-refractivity contribution in [3.8, 4) is 0 Å². The summed E-state index contributed by atoms with van der Waals surface area (Å²) in [5, 5.41) is 12.7. The molecule has 0 atom stereocenters. The van der Waals surface area contributed by atoms with Crippen LogP contribution in [-0.2, 0) is 10.0 Å². The molecule has 152 valence electrons. The fourth-order valence-electron chi connectivity index (χ4n) is 3.68. The maximum Gasteiger partial charge on any atom is 0.263 e. The number of aliphatic hydroxyl groups excluding tert-OH is 1. The van der Waals surface area contributed by atoms with E-state index in [0.29, 0.717) is 29.8 Å². The molecule has 1 fully saturated rings. The van der Waals surface area contributed by atoms with Crippen LogP contribution in [0, 0.1) is 5.41 Å². The summed E-state index contributed by atoms with van der Waals surface area (Å²) >= 11 is 0. The normalized spacial score (nSPS) is 15.6. The van der Waals surface area contributed by atoms with Gasteiger partial charge in [0.1, 0.15) is 0 Å². The number of anilines is 2. The second-order valence-corrected chi connectivity index (χ2v) is 9.19. The number of nitrogens with one attached hydrogen (secondary N) is 2.